The highest BCUT2D eigenvalue weighted by atomic mass is 16.3. The third-order valence-corrected chi connectivity index (χ3v) is 2.29. The van der Waals surface area contributed by atoms with Crippen LogP contribution >= 0.6 is 0 Å². The maximum atomic E-state index is 9.17. The second-order valence-electron chi connectivity index (χ2n) is 3.37. The maximum Gasteiger partial charge on any atom is 0.126 e. The van der Waals surface area contributed by atoms with E-state index in [1.165, 1.54) is 0 Å². The van der Waals surface area contributed by atoms with Crippen LogP contribution in [0.25, 0.3) is 0 Å². The van der Waals surface area contributed by atoms with Crippen LogP contribution < -0.4 is 10.6 Å². The van der Waals surface area contributed by atoms with E-state index in [4.69, 9.17) is 16.2 Å². The molecule has 1 aromatic rings. The molecule has 1 aliphatic rings. The number of nitrogens with zero attached hydrogens (tertiary/aromatic N) is 2. The Morgan fingerprint density at radius 3 is 2.93 bits per heavy atom. The van der Waals surface area contributed by atoms with Crippen LogP contribution in [0, 0.1) is 5.41 Å². The average Bonchev–Trinajstić information content (AvgIpc) is 2.13. The summed E-state index contributed by atoms with van der Waals surface area (Å²) in [7, 11) is 0. The van der Waals surface area contributed by atoms with Crippen molar-refractivity contribution in [3.8, 4) is 0 Å². The minimum atomic E-state index is -0.261. The Hall–Kier alpha value is -1.62. The van der Waals surface area contributed by atoms with E-state index >= 15 is 0 Å². The van der Waals surface area contributed by atoms with Gasteiger partial charge in [0, 0.05) is 25.5 Å². The van der Waals surface area contributed by atoms with Gasteiger partial charge in [0.15, 0.2) is 0 Å². The van der Waals surface area contributed by atoms with Gasteiger partial charge in [-0.25, -0.2) is 0 Å². The van der Waals surface area contributed by atoms with E-state index in [9.17, 15) is 0 Å². The van der Waals surface area contributed by atoms with Crippen LogP contribution in [0.1, 0.15) is 5.56 Å². The van der Waals surface area contributed by atoms with Crippen molar-refractivity contribution < 1.29 is 5.11 Å². The fraction of sp³-hybridized carbons (Fsp3) is 0.333. The fourth-order valence-corrected chi connectivity index (χ4v) is 1.52. The van der Waals surface area contributed by atoms with Crippen molar-refractivity contribution in [1.82, 2.24) is 4.98 Å². The standard InChI is InChI=1S/C9H12N4O/c10-9(11)7-3-12-2-1-8(7)13-4-6(14)5-13/h1-3,6,14H,4-5H2,(H3,10,11). The van der Waals surface area contributed by atoms with Crippen molar-refractivity contribution in [1.29, 1.82) is 5.41 Å². The summed E-state index contributed by atoms with van der Waals surface area (Å²) in [4.78, 5) is 5.89. The predicted octanol–water partition coefficient (Wildman–Crippen LogP) is -0.453. The smallest absolute Gasteiger partial charge is 0.126 e. The molecule has 2 rings (SSSR count). The van der Waals surface area contributed by atoms with Gasteiger partial charge in [-0.3, -0.25) is 10.4 Å². The molecular formula is C9H12N4O. The minimum absolute atomic E-state index is 0.00879. The monoisotopic (exact) mass is 192 g/mol. The van der Waals surface area contributed by atoms with Crippen molar-refractivity contribution in [3.63, 3.8) is 0 Å². The van der Waals surface area contributed by atoms with E-state index in [0.717, 1.165) is 5.69 Å². The van der Waals surface area contributed by atoms with Crippen molar-refractivity contribution in [2.75, 3.05) is 18.0 Å². The molecule has 0 radical (unpaired) electrons. The first-order valence-corrected chi connectivity index (χ1v) is 4.40. The number of aliphatic hydroxyl groups excluding tert-OH is 1. The molecule has 74 valence electrons. The number of aromatic nitrogens is 1. The number of nitrogens with two attached hydrogens (primary N) is 1. The SMILES string of the molecule is N=C(N)c1cnccc1N1CC(O)C1. The number of hydrogen-bond donors (Lipinski definition) is 3. The van der Waals surface area contributed by atoms with Gasteiger partial charge >= 0.3 is 0 Å². The lowest BCUT2D eigenvalue weighted by atomic mass is 10.1. The molecule has 0 bridgehead atoms. The van der Waals surface area contributed by atoms with Crippen molar-refractivity contribution in [2.24, 2.45) is 5.73 Å². The molecule has 1 aromatic heterocycles. The Balaban J connectivity index is 2.28. The molecule has 0 saturated carbocycles. The van der Waals surface area contributed by atoms with E-state index in [1.54, 1.807) is 12.4 Å². The summed E-state index contributed by atoms with van der Waals surface area (Å²) in [5.74, 6) is 0.00879. The molecule has 0 aromatic carbocycles. The van der Waals surface area contributed by atoms with Gasteiger partial charge in [-0.2, -0.15) is 0 Å². The zero-order valence-corrected chi connectivity index (χ0v) is 7.64. The molecule has 2 heterocycles. The second kappa shape index (κ2) is 3.26. The molecule has 5 nitrogen and oxygen atoms in total. The Morgan fingerprint density at radius 2 is 2.36 bits per heavy atom. The molecule has 14 heavy (non-hydrogen) atoms. The number of hydrogen-bond acceptors (Lipinski definition) is 4. The van der Waals surface area contributed by atoms with Crippen LogP contribution in [-0.2, 0) is 0 Å². The summed E-state index contributed by atoms with van der Waals surface area (Å²) in [5, 5.41) is 16.5. The quantitative estimate of drug-likeness (QED) is 0.437. The number of nitrogens with one attached hydrogen (secondary N) is 1. The van der Waals surface area contributed by atoms with Gasteiger partial charge in [-0.05, 0) is 6.07 Å². The van der Waals surface area contributed by atoms with E-state index in [2.05, 4.69) is 4.98 Å². The highest BCUT2D eigenvalue weighted by Crippen LogP contribution is 2.23. The molecule has 1 saturated heterocycles. The Labute approximate surface area is 81.7 Å². The molecule has 0 spiro atoms. The lowest BCUT2D eigenvalue weighted by Gasteiger charge is -2.38. The highest BCUT2D eigenvalue weighted by molar-refractivity contribution is 6.00. The van der Waals surface area contributed by atoms with Gasteiger partial charge in [0.05, 0.1) is 17.4 Å². The van der Waals surface area contributed by atoms with Gasteiger partial charge in [0.25, 0.3) is 0 Å². The molecule has 1 aliphatic heterocycles. The number of anilines is 1. The van der Waals surface area contributed by atoms with Crippen LogP contribution in [0.5, 0.6) is 0 Å². The fourth-order valence-electron chi connectivity index (χ4n) is 1.52. The maximum absolute atomic E-state index is 9.17. The van der Waals surface area contributed by atoms with E-state index < -0.39 is 0 Å². The molecule has 0 aliphatic carbocycles. The number of pyridine rings is 1. The Bertz CT molecular complexity index is 360. The van der Waals surface area contributed by atoms with Gasteiger partial charge in [0.1, 0.15) is 5.84 Å². The molecule has 0 unspecified atom stereocenters. The third kappa shape index (κ3) is 1.42. The van der Waals surface area contributed by atoms with Gasteiger partial charge in [-0.1, -0.05) is 0 Å². The van der Waals surface area contributed by atoms with Crippen molar-refractivity contribution in [3.05, 3.63) is 24.0 Å². The topological polar surface area (TPSA) is 86.2 Å². The molecule has 5 heteroatoms. The summed E-state index contributed by atoms with van der Waals surface area (Å²) >= 11 is 0. The zero-order chi connectivity index (χ0) is 10.1. The molecule has 0 atom stereocenters. The minimum Gasteiger partial charge on any atom is -0.389 e. The van der Waals surface area contributed by atoms with Crippen LogP contribution in [0.2, 0.25) is 0 Å². The molecule has 1 fully saturated rings. The van der Waals surface area contributed by atoms with Crippen LogP contribution in [-0.4, -0.2) is 35.1 Å². The second-order valence-corrected chi connectivity index (χ2v) is 3.37. The van der Waals surface area contributed by atoms with Crippen LogP contribution in [0.4, 0.5) is 5.69 Å². The molecule has 4 N–H and O–H groups in total. The van der Waals surface area contributed by atoms with Crippen LogP contribution in [0.15, 0.2) is 18.5 Å². The molecule has 0 amide bonds. The van der Waals surface area contributed by atoms with E-state index in [-0.39, 0.29) is 11.9 Å². The largest absolute Gasteiger partial charge is 0.389 e. The highest BCUT2D eigenvalue weighted by Gasteiger charge is 2.26. The summed E-state index contributed by atoms with van der Waals surface area (Å²) in [6, 6.07) is 1.81. The van der Waals surface area contributed by atoms with Crippen molar-refractivity contribution in [2.45, 2.75) is 6.10 Å². The van der Waals surface area contributed by atoms with E-state index in [0.29, 0.717) is 18.7 Å². The summed E-state index contributed by atoms with van der Waals surface area (Å²) in [6.07, 6.45) is 2.97. The first kappa shape index (κ1) is 8.96. The first-order valence-electron chi connectivity index (χ1n) is 4.40. The zero-order valence-electron chi connectivity index (χ0n) is 7.64. The lowest BCUT2D eigenvalue weighted by molar-refractivity contribution is 0.142. The first-order chi connectivity index (χ1) is 6.68. The number of aliphatic hydroxyl groups is 1. The molecular weight excluding hydrogens is 180 g/mol. The number of β-amino-alcohol motifs (C(OH)–C–C–N with tert-alkyl or cyclic N) is 1. The summed E-state index contributed by atoms with van der Waals surface area (Å²) in [6.45, 7) is 1.20. The number of nitrogen functional groups attached to an aromatic ring is 1. The van der Waals surface area contributed by atoms with Crippen LogP contribution in [0.3, 0.4) is 0 Å². The number of amidine groups is 1. The van der Waals surface area contributed by atoms with Gasteiger partial charge in [0.2, 0.25) is 0 Å². The van der Waals surface area contributed by atoms with Crippen molar-refractivity contribution >= 4 is 11.5 Å². The third-order valence-electron chi connectivity index (χ3n) is 2.29. The Morgan fingerprint density at radius 1 is 1.64 bits per heavy atom. The summed E-state index contributed by atoms with van der Waals surface area (Å²) < 4.78 is 0. The summed E-state index contributed by atoms with van der Waals surface area (Å²) in [5.41, 5.74) is 6.92. The Kier molecular flexibility index (Phi) is 2.09. The average molecular weight is 192 g/mol. The lowest BCUT2D eigenvalue weighted by Crippen LogP contribution is -2.51. The number of rotatable bonds is 2. The van der Waals surface area contributed by atoms with Gasteiger partial charge in [-0.15, -0.1) is 0 Å². The predicted molar refractivity (Wildman–Crippen MR) is 53.5 cm³/mol. The van der Waals surface area contributed by atoms with E-state index in [1.807, 2.05) is 11.0 Å². The normalized spacial score (nSPS) is 16.5. The van der Waals surface area contributed by atoms with Gasteiger partial charge < -0.3 is 15.7 Å².